The van der Waals surface area contributed by atoms with Gasteiger partial charge >= 0.3 is 0 Å². The maximum Gasteiger partial charge on any atom is 0.161 e. The number of anilines is 1. The highest BCUT2D eigenvalue weighted by molar-refractivity contribution is 5.94. The van der Waals surface area contributed by atoms with Crippen molar-refractivity contribution < 1.29 is 19.4 Å². The summed E-state index contributed by atoms with van der Waals surface area (Å²) in [7, 11) is 1.54. The lowest BCUT2D eigenvalue weighted by Gasteiger charge is -2.38. The second-order valence-electron chi connectivity index (χ2n) is 7.06. The molecule has 1 aliphatic heterocycles. The number of hydrogen-bond donors (Lipinski definition) is 1. The molecule has 0 aliphatic carbocycles. The van der Waals surface area contributed by atoms with E-state index in [1.807, 2.05) is 6.07 Å². The number of aliphatic hydroxyl groups is 1. The number of carbonyl (C=O) groups is 1. The van der Waals surface area contributed by atoms with E-state index in [1.54, 1.807) is 18.2 Å². The third kappa shape index (κ3) is 4.42. The summed E-state index contributed by atoms with van der Waals surface area (Å²) < 4.78 is 11.1. The smallest absolute Gasteiger partial charge is 0.161 e. The first-order chi connectivity index (χ1) is 13.0. The van der Waals surface area contributed by atoms with Crippen LogP contribution in [0.15, 0.2) is 42.5 Å². The van der Waals surface area contributed by atoms with Crippen molar-refractivity contribution in [2.24, 2.45) is 0 Å². The highest BCUT2D eigenvalue weighted by Gasteiger charge is 2.25. The topological polar surface area (TPSA) is 59.0 Å². The molecule has 1 N–H and O–H groups in total. The Kier molecular flexibility index (Phi) is 6.01. The summed E-state index contributed by atoms with van der Waals surface area (Å²) in [6.07, 6.45) is 1.50. The Morgan fingerprint density at radius 3 is 2.78 bits per heavy atom. The van der Waals surface area contributed by atoms with E-state index in [1.165, 1.54) is 25.3 Å². The molecule has 0 radical (unpaired) electrons. The molecule has 3 rings (SSSR count). The molecule has 0 fully saturated rings. The highest BCUT2D eigenvalue weighted by Crippen LogP contribution is 2.31. The van der Waals surface area contributed by atoms with Gasteiger partial charge in [0, 0.05) is 23.8 Å². The van der Waals surface area contributed by atoms with Crippen molar-refractivity contribution in [3.63, 3.8) is 0 Å². The van der Waals surface area contributed by atoms with Crippen LogP contribution in [0.1, 0.15) is 36.2 Å². The number of para-hydroxylation sites is 1. The van der Waals surface area contributed by atoms with Gasteiger partial charge in [-0.1, -0.05) is 18.2 Å². The first-order valence-corrected chi connectivity index (χ1v) is 9.34. The van der Waals surface area contributed by atoms with E-state index in [4.69, 9.17) is 9.47 Å². The van der Waals surface area contributed by atoms with Gasteiger partial charge in [-0.25, -0.2) is 0 Å². The predicted octanol–water partition coefficient (Wildman–Crippen LogP) is 3.48. The molecular weight excluding hydrogens is 342 g/mol. The summed E-state index contributed by atoms with van der Waals surface area (Å²) in [6.45, 7) is 4.36. The molecule has 27 heavy (non-hydrogen) atoms. The summed E-state index contributed by atoms with van der Waals surface area (Å²) in [4.78, 5) is 13.8. The van der Waals surface area contributed by atoms with E-state index in [0.717, 1.165) is 12.8 Å². The van der Waals surface area contributed by atoms with Crippen molar-refractivity contribution in [3.05, 3.63) is 53.6 Å². The number of fused-ring (bicyclic) bond motifs is 1. The number of benzene rings is 2. The fourth-order valence-electron chi connectivity index (χ4n) is 3.51. The first kappa shape index (κ1) is 19.2. The number of β-amino-alcohol motifs (C(OH)–C–C–N with tert-alkyl or cyclic N) is 1. The molecule has 2 atom stereocenters. The van der Waals surface area contributed by atoms with E-state index in [9.17, 15) is 9.90 Å². The number of methoxy groups -OCH3 is 1. The number of ether oxygens (including phenoxy) is 2. The summed E-state index contributed by atoms with van der Waals surface area (Å²) in [5.41, 5.74) is 3.09. The minimum Gasteiger partial charge on any atom is -0.493 e. The van der Waals surface area contributed by atoms with Gasteiger partial charge in [0.25, 0.3) is 0 Å². The quantitative estimate of drug-likeness (QED) is 0.757. The second-order valence-corrected chi connectivity index (χ2v) is 7.06. The van der Waals surface area contributed by atoms with Gasteiger partial charge in [-0.05, 0) is 56.5 Å². The van der Waals surface area contributed by atoms with Crippen LogP contribution in [0, 0.1) is 0 Å². The van der Waals surface area contributed by atoms with Crippen LogP contribution < -0.4 is 14.4 Å². The molecule has 0 saturated carbocycles. The van der Waals surface area contributed by atoms with Crippen LogP contribution in [0.25, 0.3) is 0 Å². The van der Waals surface area contributed by atoms with Crippen LogP contribution in [-0.2, 0) is 6.42 Å². The number of Topliss-reactive ketones (excluding diaryl/α,β-unsaturated/α-hetero) is 1. The largest absolute Gasteiger partial charge is 0.493 e. The Labute approximate surface area is 160 Å². The molecule has 144 valence electrons. The third-order valence-electron chi connectivity index (χ3n) is 5.07. The molecule has 1 heterocycles. The Bertz CT molecular complexity index is 805. The van der Waals surface area contributed by atoms with Gasteiger partial charge in [0.2, 0.25) is 0 Å². The molecule has 0 amide bonds. The zero-order valence-corrected chi connectivity index (χ0v) is 16.1. The Morgan fingerprint density at radius 1 is 1.26 bits per heavy atom. The minimum atomic E-state index is -0.643. The zero-order chi connectivity index (χ0) is 19.4. The van der Waals surface area contributed by atoms with Crippen molar-refractivity contribution in [1.82, 2.24) is 0 Å². The van der Waals surface area contributed by atoms with Gasteiger partial charge in [0.05, 0.1) is 7.11 Å². The number of aliphatic hydroxyl groups excluding tert-OH is 1. The van der Waals surface area contributed by atoms with Crippen molar-refractivity contribution in [2.75, 3.05) is 25.2 Å². The number of aryl methyl sites for hydroxylation is 1. The van der Waals surface area contributed by atoms with Crippen LogP contribution in [0.3, 0.4) is 0 Å². The minimum absolute atomic E-state index is 0.0300. The normalized spacial score (nSPS) is 17.2. The standard InChI is InChI=1S/C22H27NO4/c1-15-8-9-17-6-4-5-7-20(17)23(15)13-19(25)14-27-21-11-10-18(16(2)24)12-22(21)26-3/h4-7,10-12,15,19,25H,8-9,13-14H2,1-3H3/t15-,19-/m0/s1. The van der Waals surface area contributed by atoms with Gasteiger partial charge in [0.1, 0.15) is 12.7 Å². The number of nitrogens with zero attached hydrogens (tertiary/aromatic N) is 1. The Balaban J connectivity index is 1.65. The van der Waals surface area contributed by atoms with Crippen molar-refractivity contribution in [3.8, 4) is 11.5 Å². The molecule has 5 heteroatoms. The average molecular weight is 369 g/mol. The van der Waals surface area contributed by atoms with E-state index in [0.29, 0.717) is 29.6 Å². The van der Waals surface area contributed by atoms with Crippen molar-refractivity contribution in [2.45, 2.75) is 38.8 Å². The fourth-order valence-corrected chi connectivity index (χ4v) is 3.51. The maximum absolute atomic E-state index is 11.5. The Hall–Kier alpha value is -2.53. The molecule has 2 aromatic carbocycles. The molecule has 0 unspecified atom stereocenters. The van der Waals surface area contributed by atoms with Crippen LogP contribution in [0.5, 0.6) is 11.5 Å². The van der Waals surface area contributed by atoms with E-state index in [2.05, 4.69) is 30.0 Å². The maximum atomic E-state index is 11.5. The van der Waals surface area contributed by atoms with Crippen LogP contribution >= 0.6 is 0 Å². The van der Waals surface area contributed by atoms with Crippen LogP contribution in [0.2, 0.25) is 0 Å². The summed E-state index contributed by atoms with van der Waals surface area (Å²) in [6, 6.07) is 13.8. The Morgan fingerprint density at radius 2 is 2.04 bits per heavy atom. The highest BCUT2D eigenvalue weighted by atomic mass is 16.5. The van der Waals surface area contributed by atoms with Crippen LogP contribution in [-0.4, -0.2) is 43.3 Å². The van der Waals surface area contributed by atoms with Crippen molar-refractivity contribution in [1.29, 1.82) is 0 Å². The molecule has 0 bridgehead atoms. The van der Waals surface area contributed by atoms with Gasteiger partial charge < -0.3 is 19.5 Å². The fraction of sp³-hybridized carbons (Fsp3) is 0.409. The van der Waals surface area contributed by atoms with E-state index in [-0.39, 0.29) is 12.4 Å². The third-order valence-corrected chi connectivity index (χ3v) is 5.07. The van der Waals surface area contributed by atoms with E-state index >= 15 is 0 Å². The SMILES string of the molecule is COc1cc(C(C)=O)ccc1OC[C@@H](O)CN1c2ccccc2CC[C@@H]1C. The summed E-state index contributed by atoms with van der Waals surface area (Å²) in [5.74, 6) is 0.984. The summed E-state index contributed by atoms with van der Waals surface area (Å²) >= 11 is 0. The predicted molar refractivity (Wildman–Crippen MR) is 106 cm³/mol. The van der Waals surface area contributed by atoms with Crippen LogP contribution in [0.4, 0.5) is 5.69 Å². The van der Waals surface area contributed by atoms with Gasteiger partial charge in [-0.3, -0.25) is 4.79 Å². The molecule has 1 aliphatic rings. The number of rotatable bonds is 7. The molecule has 2 aromatic rings. The summed E-state index contributed by atoms with van der Waals surface area (Å²) in [5, 5.41) is 10.6. The van der Waals surface area contributed by atoms with Gasteiger partial charge in [-0.15, -0.1) is 0 Å². The first-order valence-electron chi connectivity index (χ1n) is 9.34. The van der Waals surface area contributed by atoms with E-state index < -0.39 is 6.10 Å². The lowest BCUT2D eigenvalue weighted by molar-refractivity contribution is 0.101. The molecule has 0 aromatic heterocycles. The lowest BCUT2D eigenvalue weighted by Crippen LogP contribution is -2.43. The van der Waals surface area contributed by atoms with Gasteiger partial charge in [0.15, 0.2) is 17.3 Å². The van der Waals surface area contributed by atoms with Crippen molar-refractivity contribution >= 4 is 11.5 Å². The monoisotopic (exact) mass is 369 g/mol. The number of ketones is 1. The average Bonchev–Trinajstić information content (AvgIpc) is 2.68. The van der Waals surface area contributed by atoms with Gasteiger partial charge in [-0.2, -0.15) is 0 Å². The molecule has 0 saturated heterocycles. The lowest BCUT2D eigenvalue weighted by atomic mass is 9.96. The molecule has 0 spiro atoms. The second kappa shape index (κ2) is 8.44. The number of hydrogen-bond acceptors (Lipinski definition) is 5. The zero-order valence-electron chi connectivity index (χ0n) is 16.1. The molecule has 5 nitrogen and oxygen atoms in total. The molecular formula is C22H27NO4. The number of carbonyl (C=O) groups excluding carboxylic acids is 1.